The Balaban J connectivity index is 0.000000267. The first-order valence-electron chi connectivity index (χ1n) is 11.4. The summed E-state index contributed by atoms with van der Waals surface area (Å²) >= 11 is 13.3. The maximum atomic E-state index is 5.15. The van der Waals surface area contributed by atoms with E-state index in [1.54, 1.807) is 12.4 Å². The molecule has 4 rings (SSSR count). The van der Waals surface area contributed by atoms with E-state index in [0.717, 1.165) is 34.3 Å². The van der Waals surface area contributed by atoms with Crippen molar-refractivity contribution in [3.05, 3.63) is 119 Å². The largest absolute Gasteiger partial charge is 3.00 e. The predicted molar refractivity (Wildman–Crippen MR) is 165 cm³/mol. The molecular formula is C26H26CoN8S4+. The second-order valence-corrected chi connectivity index (χ2v) is 10.9. The molecule has 39 heavy (non-hydrogen) atoms. The standard InChI is InChI=1S/2C13H14N4S2.Co/c2*1-10-7-12(16-15-10)8-14-17-13(18)19-9-11-5-3-2-4-6-11;/h2*2-8,14H,9H2,1H3,(H,17,18);/q;;+3/p-2. The van der Waals surface area contributed by atoms with E-state index in [-0.39, 0.29) is 16.8 Å². The van der Waals surface area contributed by atoms with Crippen LogP contribution in [0.2, 0.25) is 0 Å². The van der Waals surface area contributed by atoms with E-state index in [9.17, 15) is 0 Å². The van der Waals surface area contributed by atoms with E-state index in [0.29, 0.717) is 8.75 Å². The molecule has 202 valence electrons. The van der Waals surface area contributed by atoms with Gasteiger partial charge in [0, 0.05) is 23.9 Å². The summed E-state index contributed by atoms with van der Waals surface area (Å²) < 4.78 is 1.13. The van der Waals surface area contributed by atoms with E-state index in [1.165, 1.54) is 34.7 Å². The van der Waals surface area contributed by atoms with Gasteiger partial charge in [-0.1, -0.05) is 60.7 Å². The van der Waals surface area contributed by atoms with Crippen LogP contribution < -0.4 is 10.9 Å². The van der Waals surface area contributed by atoms with Gasteiger partial charge in [-0.2, -0.15) is 20.4 Å². The Kier molecular flexibility index (Phi) is 15.3. The molecule has 2 aliphatic heterocycles. The van der Waals surface area contributed by atoms with Gasteiger partial charge in [-0.25, -0.2) is 0 Å². The zero-order chi connectivity index (χ0) is 27.0. The second-order valence-electron chi connectivity index (χ2n) is 7.67. The Morgan fingerprint density at radius 2 is 1.08 bits per heavy atom. The van der Waals surface area contributed by atoms with Gasteiger partial charge in [0.15, 0.2) is 0 Å². The molecule has 0 saturated heterocycles. The van der Waals surface area contributed by atoms with Crippen LogP contribution >= 0.6 is 23.5 Å². The maximum Gasteiger partial charge on any atom is 3.00 e. The van der Waals surface area contributed by atoms with Crippen molar-refractivity contribution in [2.24, 2.45) is 30.7 Å². The average molecular weight is 638 g/mol. The van der Waals surface area contributed by atoms with Crippen molar-refractivity contribution in [3.63, 3.8) is 0 Å². The van der Waals surface area contributed by atoms with Gasteiger partial charge in [0.1, 0.15) is 11.4 Å². The first-order valence-corrected chi connectivity index (χ1v) is 14.2. The van der Waals surface area contributed by atoms with Gasteiger partial charge in [-0.05, 0) is 45.9 Å². The van der Waals surface area contributed by atoms with E-state index >= 15 is 0 Å². The molecule has 0 aromatic heterocycles. The second kappa shape index (κ2) is 18.5. The number of nitrogens with zero attached hydrogens (tertiary/aromatic N) is 6. The van der Waals surface area contributed by atoms with Crippen molar-refractivity contribution in [2.45, 2.75) is 25.4 Å². The van der Waals surface area contributed by atoms with Gasteiger partial charge >= 0.3 is 16.8 Å². The number of nitrogens with one attached hydrogen (secondary N) is 2. The number of azo groups is 2. The third-order valence-electron chi connectivity index (χ3n) is 4.51. The summed E-state index contributed by atoms with van der Waals surface area (Å²) in [6.45, 7) is 3.78. The van der Waals surface area contributed by atoms with Crippen molar-refractivity contribution < 1.29 is 16.8 Å². The molecule has 0 fully saturated rings. The molecule has 2 heterocycles. The SMILES string of the molecule is CC1=CC(=CNN=C([S-])SCc2ccccc2)N=N1.CC1=CC(=CNN=C([S-])SCc2ccccc2)N=N1.[Co+3]. The van der Waals surface area contributed by atoms with Crippen LogP contribution in [0.4, 0.5) is 0 Å². The molecule has 13 heteroatoms. The van der Waals surface area contributed by atoms with Crippen LogP contribution in [0.15, 0.2) is 139 Å². The summed E-state index contributed by atoms with van der Waals surface area (Å²) in [5, 5.41) is 23.8. The number of thioether (sulfide) groups is 2. The number of hydrazone groups is 2. The fraction of sp³-hybridized carbons (Fsp3) is 0.154. The minimum absolute atomic E-state index is 0. The van der Waals surface area contributed by atoms with Crippen LogP contribution in [0.1, 0.15) is 25.0 Å². The summed E-state index contributed by atoms with van der Waals surface area (Å²) in [6, 6.07) is 20.3. The summed E-state index contributed by atoms with van der Waals surface area (Å²) in [6.07, 6.45) is 7.08. The number of hydrogen-bond donors (Lipinski definition) is 2. The first kappa shape index (κ1) is 32.4. The van der Waals surface area contributed by atoms with Gasteiger partial charge < -0.3 is 25.3 Å². The fourth-order valence-electron chi connectivity index (χ4n) is 2.76. The minimum atomic E-state index is 0. The average Bonchev–Trinajstić information content (AvgIpc) is 3.55. The molecule has 0 aliphatic carbocycles. The Bertz CT molecular complexity index is 1200. The molecule has 2 aromatic carbocycles. The molecule has 0 atom stereocenters. The van der Waals surface area contributed by atoms with Gasteiger partial charge in [0.2, 0.25) is 0 Å². The van der Waals surface area contributed by atoms with E-state index < -0.39 is 0 Å². The Labute approximate surface area is 258 Å². The van der Waals surface area contributed by atoms with Gasteiger partial charge in [0.25, 0.3) is 0 Å². The van der Waals surface area contributed by atoms with Gasteiger partial charge in [-0.15, -0.1) is 33.8 Å². The monoisotopic (exact) mass is 637 g/mol. The quantitative estimate of drug-likeness (QED) is 0.139. The maximum absolute atomic E-state index is 5.15. The summed E-state index contributed by atoms with van der Waals surface area (Å²) in [5.41, 5.74) is 11.3. The van der Waals surface area contributed by atoms with Gasteiger partial charge in [-0.3, -0.25) is 10.9 Å². The topological polar surface area (TPSA) is 98.2 Å². The number of rotatable bonds is 8. The zero-order valence-electron chi connectivity index (χ0n) is 21.1. The molecule has 8 nitrogen and oxygen atoms in total. The molecule has 0 saturated carbocycles. The molecular weight excluding hydrogens is 612 g/mol. The normalized spacial score (nSPS) is 16.4. The first-order chi connectivity index (χ1) is 18.5. The molecule has 0 unspecified atom stereocenters. The number of allylic oxidation sites excluding steroid dienone is 4. The third-order valence-corrected chi connectivity index (χ3v) is 7.03. The fourth-order valence-corrected chi connectivity index (χ4v) is 4.42. The Morgan fingerprint density at radius 3 is 1.41 bits per heavy atom. The van der Waals surface area contributed by atoms with Crippen LogP contribution in [0.25, 0.3) is 0 Å². The van der Waals surface area contributed by atoms with Crippen LogP contribution in [0.5, 0.6) is 0 Å². The predicted octanol–water partition coefficient (Wildman–Crippen LogP) is 7.07. The molecule has 0 spiro atoms. The number of benzene rings is 2. The van der Waals surface area contributed by atoms with Crippen molar-refractivity contribution in [1.29, 1.82) is 0 Å². The van der Waals surface area contributed by atoms with Gasteiger partial charge in [0.05, 0.1) is 11.4 Å². The number of hydrogen-bond acceptors (Lipinski definition) is 12. The third kappa shape index (κ3) is 13.7. The summed E-state index contributed by atoms with van der Waals surface area (Å²) in [7, 11) is 0. The zero-order valence-corrected chi connectivity index (χ0v) is 25.5. The van der Waals surface area contributed by atoms with Crippen molar-refractivity contribution >= 4 is 57.5 Å². The van der Waals surface area contributed by atoms with Crippen LogP contribution in [0, 0.1) is 0 Å². The van der Waals surface area contributed by atoms with E-state index in [4.69, 9.17) is 25.3 Å². The summed E-state index contributed by atoms with van der Waals surface area (Å²) in [4.78, 5) is 0. The Hall–Kier alpha value is -2.81. The summed E-state index contributed by atoms with van der Waals surface area (Å²) in [5.74, 6) is 1.64. The van der Waals surface area contributed by atoms with E-state index in [1.807, 2.05) is 62.4 Å². The minimum Gasteiger partial charge on any atom is -0.752 e. The molecule has 2 N–H and O–H groups in total. The van der Waals surface area contributed by atoms with Crippen LogP contribution in [-0.2, 0) is 53.5 Å². The Morgan fingerprint density at radius 1 is 0.692 bits per heavy atom. The molecule has 2 aliphatic rings. The van der Waals surface area contributed by atoms with Crippen molar-refractivity contribution in [1.82, 2.24) is 10.9 Å². The van der Waals surface area contributed by atoms with Crippen molar-refractivity contribution in [2.75, 3.05) is 0 Å². The van der Waals surface area contributed by atoms with Crippen molar-refractivity contribution in [3.8, 4) is 0 Å². The van der Waals surface area contributed by atoms with Crippen LogP contribution in [0.3, 0.4) is 0 Å². The van der Waals surface area contributed by atoms with Crippen LogP contribution in [-0.4, -0.2) is 8.75 Å². The molecule has 2 aromatic rings. The smallest absolute Gasteiger partial charge is 0.752 e. The molecule has 0 bridgehead atoms. The van der Waals surface area contributed by atoms with E-state index in [2.05, 4.69) is 65.8 Å². The molecule has 0 radical (unpaired) electrons. The molecule has 0 amide bonds.